The molecule has 0 aromatic carbocycles. The lowest BCUT2D eigenvalue weighted by atomic mass is 9.96. The first-order chi connectivity index (χ1) is 9.79. The summed E-state index contributed by atoms with van der Waals surface area (Å²) in [4.78, 5) is 14.2. The monoisotopic (exact) mass is 277 g/mol. The molecule has 0 radical (unpaired) electrons. The maximum Gasteiger partial charge on any atom is 0.301 e. The van der Waals surface area contributed by atoms with Crippen LogP contribution in [0, 0.1) is 5.92 Å². The Morgan fingerprint density at radius 2 is 2.15 bits per heavy atom. The van der Waals surface area contributed by atoms with Crippen LogP contribution in [0.4, 0.5) is 0 Å². The van der Waals surface area contributed by atoms with E-state index in [9.17, 15) is 4.79 Å². The molecule has 1 aromatic heterocycles. The van der Waals surface area contributed by atoms with Crippen LogP contribution in [0.15, 0.2) is 16.7 Å². The molecular weight excluding hydrogens is 254 g/mol. The van der Waals surface area contributed by atoms with Crippen LogP contribution in [0.5, 0.6) is 0 Å². The van der Waals surface area contributed by atoms with Crippen molar-refractivity contribution in [3.63, 3.8) is 0 Å². The quantitative estimate of drug-likeness (QED) is 0.502. The molecule has 1 saturated carbocycles. The number of hydrogen-bond donors (Lipinski definition) is 2. The zero-order chi connectivity index (χ0) is 13.9. The molecule has 1 amide bonds. The van der Waals surface area contributed by atoms with Crippen molar-refractivity contribution in [2.75, 3.05) is 6.54 Å². The van der Waals surface area contributed by atoms with Crippen molar-refractivity contribution in [2.24, 2.45) is 11.8 Å². The average Bonchev–Trinajstić information content (AvgIpc) is 3.19. The molecule has 0 bridgehead atoms. The van der Waals surface area contributed by atoms with Crippen molar-refractivity contribution in [1.29, 1.82) is 0 Å². The molecule has 1 unspecified atom stereocenters. The minimum absolute atomic E-state index is 0.346. The van der Waals surface area contributed by atoms with E-state index in [-0.39, 0.29) is 5.91 Å². The molecular formula is C15H23N3O2. The average molecular weight is 277 g/mol. The molecule has 0 spiro atoms. The van der Waals surface area contributed by atoms with Gasteiger partial charge in [-0.25, -0.2) is 5.84 Å². The lowest BCUT2D eigenvalue weighted by Crippen LogP contribution is -2.35. The molecule has 1 atom stereocenters. The van der Waals surface area contributed by atoms with Gasteiger partial charge in [-0.3, -0.25) is 15.1 Å². The van der Waals surface area contributed by atoms with E-state index in [1.165, 1.54) is 38.5 Å². The van der Waals surface area contributed by atoms with Gasteiger partial charge in [0.15, 0.2) is 5.76 Å². The third-order valence-electron chi connectivity index (χ3n) is 4.82. The predicted molar refractivity (Wildman–Crippen MR) is 75.8 cm³/mol. The lowest BCUT2D eigenvalue weighted by Gasteiger charge is -2.29. The summed E-state index contributed by atoms with van der Waals surface area (Å²) in [5.41, 5.74) is 3.09. The Kier molecular flexibility index (Phi) is 4.08. The van der Waals surface area contributed by atoms with Gasteiger partial charge in [-0.05, 0) is 44.2 Å². The van der Waals surface area contributed by atoms with Gasteiger partial charge in [0, 0.05) is 18.2 Å². The zero-order valence-corrected chi connectivity index (χ0v) is 11.8. The molecule has 1 aliphatic carbocycles. The number of nitrogen functional groups attached to an aromatic ring is 1. The van der Waals surface area contributed by atoms with E-state index < -0.39 is 0 Å². The summed E-state index contributed by atoms with van der Waals surface area (Å²) in [7, 11) is 0. The standard InChI is InChI=1S/C15H23N3O2/c16-17-15(19)14-12(7-9-20-14)10-18-8-3-6-13(18)11-4-1-2-5-11/h7,9,11,13H,1-6,8,10,16H2,(H,17,19). The van der Waals surface area contributed by atoms with Crippen molar-refractivity contribution in [3.8, 4) is 0 Å². The number of nitrogens with two attached hydrogens (primary N) is 1. The van der Waals surface area contributed by atoms with Crippen LogP contribution in [0.3, 0.4) is 0 Å². The third kappa shape index (κ3) is 2.60. The number of rotatable bonds is 4. The second-order valence-electron chi connectivity index (χ2n) is 5.97. The fraction of sp³-hybridized carbons (Fsp3) is 0.667. The second-order valence-corrected chi connectivity index (χ2v) is 5.97. The van der Waals surface area contributed by atoms with E-state index in [1.807, 2.05) is 6.07 Å². The number of nitrogens with one attached hydrogen (secondary N) is 1. The Labute approximate surface area is 119 Å². The number of hydrogen-bond acceptors (Lipinski definition) is 4. The highest BCUT2D eigenvalue weighted by Crippen LogP contribution is 2.36. The van der Waals surface area contributed by atoms with Gasteiger partial charge in [0.25, 0.3) is 0 Å². The van der Waals surface area contributed by atoms with Gasteiger partial charge in [-0.1, -0.05) is 12.8 Å². The Bertz CT molecular complexity index is 465. The SMILES string of the molecule is NNC(=O)c1occc1CN1CCCC1C1CCCC1. The van der Waals surface area contributed by atoms with Gasteiger partial charge in [0.05, 0.1) is 6.26 Å². The topological polar surface area (TPSA) is 71.5 Å². The van der Waals surface area contributed by atoms with Crippen molar-refractivity contribution in [2.45, 2.75) is 51.1 Å². The van der Waals surface area contributed by atoms with Gasteiger partial charge in [0.1, 0.15) is 0 Å². The second kappa shape index (κ2) is 5.97. The maximum absolute atomic E-state index is 11.7. The number of nitrogens with zero attached hydrogens (tertiary/aromatic N) is 1. The predicted octanol–water partition coefficient (Wildman–Crippen LogP) is 2.04. The van der Waals surface area contributed by atoms with Crippen LogP contribution in [0.2, 0.25) is 0 Å². The molecule has 5 nitrogen and oxygen atoms in total. The van der Waals surface area contributed by atoms with Crippen LogP contribution in [0.25, 0.3) is 0 Å². The van der Waals surface area contributed by atoms with Crippen molar-refractivity contribution < 1.29 is 9.21 Å². The minimum atomic E-state index is -0.346. The number of carbonyl (C=O) groups is 1. The number of hydrazine groups is 1. The highest BCUT2D eigenvalue weighted by atomic mass is 16.3. The third-order valence-corrected chi connectivity index (χ3v) is 4.82. The fourth-order valence-electron chi connectivity index (χ4n) is 3.87. The summed E-state index contributed by atoms with van der Waals surface area (Å²) in [6, 6.07) is 2.57. The highest BCUT2D eigenvalue weighted by Gasteiger charge is 2.33. The number of likely N-dealkylation sites (tertiary alicyclic amines) is 1. The first-order valence-corrected chi connectivity index (χ1v) is 7.61. The summed E-state index contributed by atoms with van der Waals surface area (Å²) in [5.74, 6) is 6.04. The van der Waals surface area contributed by atoms with Crippen LogP contribution in [-0.4, -0.2) is 23.4 Å². The van der Waals surface area contributed by atoms with Crippen molar-refractivity contribution in [1.82, 2.24) is 10.3 Å². The molecule has 3 rings (SSSR count). The molecule has 5 heteroatoms. The van der Waals surface area contributed by atoms with Gasteiger partial charge >= 0.3 is 5.91 Å². The van der Waals surface area contributed by atoms with E-state index in [1.54, 1.807) is 6.26 Å². The summed E-state index contributed by atoms with van der Waals surface area (Å²) in [6.07, 6.45) is 9.60. The lowest BCUT2D eigenvalue weighted by molar-refractivity contribution is 0.0921. The summed E-state index contributed by atoms with van der Waals surface area (Å²) in [6.45, 7) is 1.91. The summed E-state index contributed by atoms with van der Waals surface area (Å²) < 4.78 is 5.27. The maximum atomic E-state index is 11.7. The van der Waals surface area contributed by atoms with Gasteiger partial charge in [0.2, 0.25) is 0 Å². The fourth-order valence-corrected chi connectivity index (χ4v) is 3.87. The van der Waals surface area contributed by atoms with Crippen LogP contribution in [-0.2, 0) is 6.54 Å². The normalized spacial score (nSPS) is 24.4. The molecule has 1 saturated heterocycles. The van der Waals surface area contributed by atoms with E-state index in [2.05, 4.69) is 10.3 Å². The zero-order valence-electron chi connectivity index (χ0n) is 11.8. The Hall–Kier alpha value is -1.33. The molecule has 2 fully saturated rings. The number of amides is 1. The number of carbonyl (C=O) groups excluding carboxylic acids is 1. The van der Waals surface area contributed by atoms with Gasteiger partial charge < -0.3 is 4.42 Å². The minimum Gasteiger partial charge on any atom is -0.459 e. The summed E-state index contributed by atoms with van der Waals surface area (Å²) >= 11 is 0. The molecule has 20 heavy (non-hydrogen) atoms. The van der Waals surface area contributed by atoms with Crippen LogP contribution >= 0.6 is 0 Å². The van der Waals surface area contributed by atoms with Crippen molar-refractivity contribution in [3.05, 3.63) is 23.7 Å². The van der Waals surface area contributed by atoms with Gasteiger partial charge in [-0.15, -0.1) is 0 Å². The molecule has 2 aliphatic rings. The highest BCUT2D eigenvalue weighted by molar-refractivity contribution is 5.92. The Balaban J connectivity index is 1.70. The first kappa shape index (κ1) is 13.6. The van der Waals surface area contributed by atoms with E-state index in [4.69, 9.17) is 10.3 Å². The van der Waals surface area contributed by atoms with E-state index in [0.717, 1.165) is 24.6 Å². The first-order valence-electron chi connectivity index (χ1n) is 7.61. The molecule has 110 valence electrons. The van der Waals surface area contributed by atoms with E-state index >= 15 is 0 Å². The summed E-state index contributed by atoms with van der Waals surface area (Å²) in [5, 5.41) is 0. The molecule has 2 heterocycles. The Morgan fingerprint density at radius 1 is 1.35 bits per heavy atom. The van der Waals surface area contributed by atoms with Crippen LogP contribution < -0.4 is 11.3 Å². The molecule has 1 aromatic rings. The molecule has 1 aliphatic heterocycles. The van der Waals surface area contributed by atoms with Gasteiger partial charge in [-0.2, -0.15) is 0 Å². The molecule has 3 N–H and O–H groups in total. The number of furan rings is 1. The van der Waals surface area contributed by atoms with Crippen molar-refractivity contribution >= 4 is 5.91 Å². The van der Waals surface area contributed by atoms with E-state index in [0.29, 0.717) is 11.8 Å². The smallest absolute Gasteiger partial charge is 0.301 e. The Morgan fingerprint density at radius 3 is 2.90 bits per heavy atom. The van der Waals surface area contributed by atoms with Crippen LogP contribution in [0.1, 0.15) is 54.6 Å². The largest absolute Gasteiger partial charge is 0.459 e.